The van der Waals surface area contributed by atoms with Gasteiger partial charge in [0.15, 0.2) is 5.69 Å². The second kappa shape index (κ2) is 8.88. The third-order valence-corrected chi connectivity index (χ3v) is 6.42. The number of nitrogens with zero attached hydrogens (tertiary/aromatic N) is 5. The molecule has 1 fully saturated rings. The zero-order valence-corrected chi connectivity index (χ0v) is 18.3. The van der Waals surface area contributed by atoms with Crippen LogP contribution in [0.25, 0.3) is 21.8 Å². The summed E-state index contributed by atoms with van der Waals surface area (Å²) in [5.74, 6) is 1.99. The number of likely N-dealkylation sites (tertiary alicyclic amines) is 1. The van der Waals surface area contributed by atoms with Gasteiger partial charge in [-0.3, -0.25) is 4.79 Å². The summed E-state index contributed by atoms with van der Waals surface area (Å²) >= 11 is 1.25. The maximum Gasteiger partial charge on any atom is 0.275 e. The van der Waals surface area contributed by atoms with Crippen LogP contribution in [0.1, 0.15) is 35.1 Å². The SMILES string of the molecule is COc1ccc(-c2noc(C3CCN(C(=O)c4nnsc4-c4ccccc4)CC3)n2)cc1. The summed E-state index contributed by atoms with van der Waals surface area (Å²) in [7, 11) is 1.63. The van der Waals surface area contributed by atoms with E-state index in [9.17, 15) is 4.79 Å². The second-order valence-corrected chi connectivity index (χ2v) is 8.32. The highest BCUT2D eigenvalue weighted by atomic mass is 32.1. The molecule has 0 atom stereocenters. The van der Waals surface area contributed by atoms with Gasteiger partial charge in [-0.25, -0.2) is 0 Å². The number of rotatable bonds is 5. The van der Waals surface area contributed by atoms with Gasteiger partial charge < -0.3 is 14.2 Å². The number of hydrogen-bond donors (Lipinski definition) is 0. The molecule has 5 rings (SSSR count). The van der Waals surface area contributed by atoms with E-state index in [4.69, 9.17) is 9.26 Å². The van der Waals surface area contributed by atoms with Crippen LogP contribution in [-0.4, -0.2) is 50.7 Å². The number of piperidine rings is 1. The van der Waals surface area contributed by atoms with Crippen LogP contribution in [0, 0.1) is 0 Å². The maximum absolute atomic E-state index is 13.1. The molecule has 162 valence electrons. The lowest BCUT2D eigenvalue weighted by molar-refractivity contribution is 0.0699. The summed E-state index contributed by atoms with van der Waals surface area (Å²) in [4.78, 5) is 20.3. The first-order chi connectivity index (χ1) is 15.7. The third kappa shape index (κ3) is 3.99. The van der Waals surface area contributed by atoms with Crippen molar-refractivity contribution in [2.45, 2.75) is 18.8 Å². The Morgan fingerprint density at radius 2 is 1.81 bits per heavy atom. The number of methoxy groups -OCH3 is 1. The van der Waals surface area contributed by atoms with Crippen molar-refractivity contribution in [1.29, 1.82) is 0 Å². The largest absolute Gasteiger partial charge is 0.497 e. The van der Waals surface area contributed by atoms with Gasteiger partial charge in [-0.1, -0.05) is 40.0 Å². The topological polar surface area (TPSA) is 94.2 Å². The van der Waals surface area contributed by atoms with Gasteiger partial charge in [-0.05, 0) is 54.2 Å². The average molecular weight is 448 g/mol. The Bertz CT molecular complexity index is 1200. The van der Waals surface area contributed by atoms with Crippen molar-refractivity contribution in [3.63, 3.8) is 0 Å². The fourth-order valence-electron chi connectivity index (χ4n) is 3.85. The average Bonchev–Trinajstić information content (AvgIpc) is 3.55. The molecule has 0 N–H and O–H groups in total. The Morgan fingerprint density at radius 3 is 2.53 bits per heavy atom. The van der Waals surface area contributed by atoms with E-state index in [0.29, 0.717) is 30.5 Å². The van der Waals surface area contributed by atoms with Crippen LogP contribution in [0.15, 0.2) is 59.1 Å². The van der Waals surface area contributed by atoms with Gasteiger partial charge in [-0.15, -0.1) is 5.10 Å². The van der Waals surface area contributed by atoms with Gasteiger partial charge in [0.05, 0.1) is 12.0 Å². The van der Waals surface area contributed by atoms with Crippen LogP contribution in [0.5, 0.6) is 5.75 Å². The van der Waals surface area contributed by atoms with Crippen LogP contribution in [0.3, 0.4) is 0 Å². The number of amides is 1. The normalized spacial score (nSPS) is 14.5. The van der Waals surface area contributed by atoms with Crippen LogP contribution < -0.4 is 4.74 Å². The first-order valence-corrected chi connectivity index (χ1v) is 11.2. The fourth-order valence-corrected chi connectivity index (χ4v) is 4.51. The molecule has 0 unspecified atom stereocenters. The van der Waals surface area contributed by atoms with Crippen molar-refractivity contribution in [2.24, 2.45) is 0 Å². The Balaban J connectivity index is 1.25. The molecule has 9 heteroatoms. The molecular formula is C23H21N5O3S. The fraction of sp³-hybridized carbons (Fsp3) is 0.261. The van der Waals surface area contributed by atoms with Crippen LogP contribution in [0.2, 0.25) is 0 Å². The maximum atomic E-state index is 13.1. The molecule has 4 aromatic rings. The summed E-state index contributed by atoms with van der Waals surface area (Å²) in [5.41, 5.74) is 2.25. The van der Waals surface area contributed by atoms with Crippen molar-refractivity contribution < 1.29 is 14.1 Å². The minimum Gasteiger partial charge on any atom is -0.497 e. The first kappa shape index (κ1) is 20.3. The molecule has 1 saturated heterocycles. The minimum absolute atomic E-state index is 0.0829. The molecule has 2 aromatic heterocycles. The van der Waals surface area contributed by atoms with Gasteiger partial charge in [0.1, 0.15) is 5.75 Å². The summed E-state index contributed by atoms with van der Waals surface area (Å²) in [6.07, 6.45) is 1.52. The lowest BCUT2D eigenvalue weighted by Gasteiger charge is -2.30. The zero-order valence-electron chi connectivity index (χ0n) is 17.5. The number of benzene rings is 2. The van der Waals surface area contributed by atoms with E-state index < -0.39 is 0 Å². The molecule has 1 aliphatic heterocycles. The van der Waals surface area contributed by atoms with Crippen LogP contribution in [-0.2, 0) is 0 Å². The number of ether oxygens (including phenoxy) is 1. The summed E-state index contributed by atoms with van der Waals surface area (Å²) < 4.78 is 14.8. The van der Waals surface area contributed by atoms with Gasteiger partial charge in [-0.2, -0.15) is 4.98 Å². The Morgan fingerprint density at radius 1 is 1.06 bits per heavy atom. The number of aromatic nitrogens is 4. The number of carbonyl (C=O) groups is 1. The molecule has 0 saturated carbocycles. The number of hydrogen-bond acceptors (Lipinski definition) is 8. The van der Waals surface area contributed by atoms with E-state index in [2.05, 4.69) is 19.7 Å². The highest BCUT2D eigenvalue weighted by molar-refractivity contribution is 7.09. The predicted octanol–water partition coefficient (Wildman–Crippen LogP) is 4.28. The smallest absolute Gasteiger partial charge is 0.275 e. The standard InChI is InChI=1S/C23H21N5O3S/c1-30-18-9-7-16(8-10-18)21-24-22(31-26-21)17-11-13-28(14-12-17)23(29)19-20(32-27-25-19)15-5-3-2-4-6-15/h2-10,17H,11-14H2,1H3. The Kier molecular flexibility index (Phi) is 5.64. The molecule has 1 aliphatic rings. The van der Waals surface area contributed by atoms with Crippen molar-refractivity contribution in [1.82, 2.24) is 24.6 Å². The Labute approximate surface area is 189 Å². The van der Waals surface area contributed by atoms with E-state index in [1.165, 1.54) is 11.5 Å². The first-order valence-electron chi connectivity index (χ1n) is 10.4. The van der Waals surface area contributed by atoms with Gasteiger partial charge in [0.25, 0.3) is 5.91 Å². The summed E-state index contributed by atoms with van der Waals surface area (Å²) in [6, 6.07) is 17.3. The number of carbonyl (C=O) groups excluding carboxylic acids is 1. The van der Waals surface area contributed by atoms with Crippen molar-refractivity contribution >= 4 is 17.4 Å². The van der Waals surface area contributed by atoms with Gasteiger partial charge in [0, 0.05) is 24.6 Å². The third-order valence-electron chi connectivity index (χ3n) is 5.65. The van der Waals surface area contributed by atoms with E-state index >= 15 is 0 Å². The second-order valence-electron chi connectivity index (χ2n) is 7.57. The predicted molar refractivity (Wildman–Crippen MR) is 120 cm³/mol. The lowest BCUT2D eigenvalue weighted by atomic mass is 9.96. The van der Waals surface area contributed by atoms with Crippen molar-refractivity contribution in [3.05, 3.63) is 66.2 Å². The van der Waals surface area contributed by atoms with Crippen molar-refractivity contribution in [3.8, 4) is 27.6 Å². The molecule has 32 heavy (non-hydrogen) atoms. The minimum atomic E-state index is -0.0829. The molecule has 1 amide bonds. The monoisotopic (exact) mass is 447 g/mol. The Hall–Kier alpha value is -3.59. The molecule has 0 spiro atoms. The molecule has 2 aromatic carbocycles. The summed E-state index contributed by atoms with van der Waals surface area (Å²) in [6.45, 7) is 1.21. The highest BCUT2D eigenvalue weighted by Crippen LogP contribution is 2.31. The lowest BCUT2D eigenvalue weighted by Crippen LogP contribution is -2.38. The van der Waals surface area contributed by atoms with Crippen LogP contribution in [0.4, 0.5) is 0 Å². The van der Waals surface area contributed by atoms with Gasteiger partial charge >= 0.3 is 0 Å². The van der Waals surface area contributed by atoms with E-state index in [0.717, 1.165) is 34.6 Å². The van der Waals surface area contributed by atoms with E-state index in [1.54, 1.807) is 7.11 Å². The quantitative estimate of drug-likeness (QED) is 0.451. The molecule has 0 radical (unpaired) electrons. The molecule has 0 bridgehead atoms. The molecular weight excluding hydrogens is 426 g/mol. The summed E-state index contributed by atoms with van der Waals surface area (Å²) in [5, 5.41) is 8.25. The van der Waals surface area contributed by atoms with E-state index in [-0.39, 0.29) is 11.8 Å². The van der Waals surface area contributed by atoms with Gasteiger partial charge in [0.2, 0.25) is 11.7 Å². The van der Waals surface area contributed by atoms with Crippen LogP contribution >= 0.6 is 11.5 Å². The van der Waals surface area contributed by atoms with E-state index in [1.807, 2.05) is 59.5 Å². The molecule has 0 aliphatic carbocycles. The highest BCUT2D eigenvalue weighted by Gasteiger charge is 2.30. The molecule has 3 heterocycles. The molecule has 8 nitrogen and oxygen atoms in total. The zero-order chi connectivity index (χ0) is 21.9. The van der Waals surface area contributed by atoms with Crippen molar-refractivity contribution in [2.75, 3.05) is 20.2 Å².